The standard InChI is InChI=1S/C17H12N2O3S/c1-22-15-7-10(4-5-14(15)20)11-8-13(16-3-2-6-23-16)19-17(21)12(11)9-18/h2-8,20H,1H3,(H,19,21). The van der Waals surface area contributed by atoms with E-state index in [-0.39, 0.29) is 17.1 Å². The van der Waals surface area contributed by atoms with E-state index in [9.17, 15) is 15.2 Å². The average Bonchev–Trinajstić information content (AvgIpc) is 3.09. The first-order chi connectivity index (χ1) is 11.1. The number of nitrogens with one attached hydrogen (secondary N) is 1. The van der Waals surface area contributed by atoms with E-state index in [4.69, 9.17) is 4.74 Å². The molecule has 0 unspecified atom stereocenters. The second-order valence-electron chi connectivity index (χ2n) is 4.78. The maximum atomic E-state index is 12.2. The third-order valence-corrected chi connectivity index (χ3v) is 4.33. The molecule has 23 heavy (non-hydrogen) atoms. The van der Waals surface area contributed by atoms with E-state index in [1.165, 1.54) is 24.5 Å². The molecule has 2 aromatic heterocycles. The van der Waals surface area contributed by atoms with Crippen LogP contribution in [-0.2, 0) is 0 Å². The van der Waals surface area contributed by atoms with Crippen LogP contribution in [0.15, 0.2) is 46.6 Å². The molecule has 0 aliphatic rings. The zero-order valence-electron chi connectivity index (χ0n) is 12.2. The second kappa shape index (κ2) is 5.99. The Balaban J connectivity index is 2.26. The summed E-state index contributed by atoms with van der Waals surface area (Å²) in [6.45, 7) is 0. The molecule has 0 amide bonds. The third kappa shape index (κ3) is 2.70. The van der Waals surface area contributed by atoms with Gasteiger partial charge in [0.15, 0.2) is 11.5 Å². The van der Waals surface area contributed by atoms with Gasteiger partial charge in [0.1, 0.15) is 11.6 Å². The fourth-order valence-electron chi connectivity index (χ4n) is 2.31. The fraction of sp³-hybridized carbons (Fsp3) is 0.0588. The lowest BCUT2D eigenvalue weighted by molar-refractivity contribution is 0.373. The number of aromatic nitrogens is 1. The highest BCUT2D eigenvalue weighted by Gasteiger charge is 2.14. The molecule has 0 saturated heterocycles. The molecule has 3 aromatic rings. The van der Waals surface area contributed by atoms with Crippen LogP contribution < -0.4 is 10.3 Å². The normalized spacial score (nSPS) is 10.3. The predicted molar refractivity (Wildman–Crippen MR) is 88.7 cm³/mol. The number of methoxy groups -OCH3 is 1. The van der Waals surface area contributed by atoms with Crippen LogP contribution >= 0.6 is 11.3 Å². The van der Waals surface area contributed by atoms with Crippen LogP contribution in [0.3, 0.4) is 0 Å². The van der Waals surface area contributed by atoms with Crippen LogP contribution in [-0.4, -0.2) is 17.2 Å². The molecule has 0 atom stereocenters. The number of rotatable bonds is 3. The molecule has 0 saturated carbocycles. The topological polar surface area (TPSA) is 86.1 Å². The van der Waals surface area contributed by atoms with Crippen molar-refractivity contribution in [2.24, 2.45) is 0 Å². The van der Waals surface area contributed by atoms with Gasteiger partial charge in [-0.25, -0.2) is 0 Å². The number of aromatic amines is 1. The Morgan fingerprint density at radius 2 is 2.13 bits per heavy atom. The lowest BCUT2D eigenvalue weighted by Gasteiger charge is -2.09. The number of H-pyrrole nitrogens is 1. The van der Waals surface area contributed by atoms with Gasteiger partial charge in [-0.1, -0.05) is 12.1 Å². The molecule has 0 aliphatic heterocycles. The van der Waals surface area contributed by atoms with Crippen LogP contribution in [0.4, 0.5) is 0 Å². The lowest BCUT2D eigenvalue weighted by Crippen LogP contribution is -2.12. The largest absolute Gasteiger partial charge is 0.504 e. The van der Waals surface area contributed by atoms with E-state index < -0.39 is 5.56 Å². The van der Waals surface area contributed by atoms with Crippen LogP contribution in [0.25, 0.3) is 21.7 Å². The number of thiophene rings is 1. The van der Waals surface area contributed by atoms with Crippen molar-refractivity contribution >= 4 is 11.3 Å². The predicted octanol–water partition coefficient (Wildman–Crippen LogP) is 3.36. The first kappa shape index (κ1) is 14.9. The highest BCUT2D eigenvalue weighted by atomic mass is 32.1. The Bertz CT molecular complexity index is 953. The minimum absolute atomic E-state index is 0.00178. The molecule has 0 bridgehead atoms. The molecule has 0 aliphatic carbocycles. The summed E-state index contributed by atoms with van der Waals surface area (Å²) in [5, 5.41) is 20.9. The van der Waals surface area contributed by atoms with Crippen molar-refractivity contribution in [1.29, 1.82) is 5.26 Å². The zero-order chi connectivity index (χ0) is 16.4. The minimum Gasteiger partial charge on any atom is -0.504 e. The maximum Gasteiger partial charge on any atom is 0.266 e. The molecule has 3 rings (SSSR count). The third-order valence-electron chi connectivity index (χ3n) is 3.42. The van der Waals surface area contributed by atoms with E-state index in [0.29, 0.717) is 16.8 Å². The summed E-state index contributed by atoms with van der Waals surface area (Å²) >= 11 is 1.49. The first-order valence-electron chi connectivity index (χ1n) is 6.72. The molecule has 1 aromatic carbocycles. The Labute approximate surface area is 136 Å². The SMILES string of the molecule is COc1cc(-c2cc(-c3cccs3)[nH]c(=O)c2C#N)ccc1O. The summed E-state index contributed by atoms with van der Waals surface area (Å²) in [6.07, 6.45) is 0. The number of ether oxygens (including phenoxy) is 1. The van der Waals surface area contributed by atoms with Crippen molar-refractivity contribution in [3.8, 4) is 39.3 Å². The molecule has 114 valence electrons. The minimum atomic E-state index is -0.444. The van der Waals surface area contributed by atoms with E-state index in [1.54, 1.807) is 18.2 Å². The molecule has 2 heterocycles. The van der Waals surface area contributed by atoms with Gasteiger partial charge in [-0.15, -0.1) is 11.3 Å². The fourth-order valence-corrected chi connectivity index (χ4v) is 3.01. The Kier molecular flexibility index (Phi) is 3.87. The van der Waals surface area contributed by atoms with E-state index in [0.717, 1.165) is 4.88 Å². The zero-order valence-corrected chi connectivity index (χ0v) is 13.0. The molecule has 0 spiro atoms. The van der Waals surface area contributed by atoms with Gasteiger partial charge in [-0.05, 0) is 35.2 Å². The molecular weight excluding hydrogens is 312 g/mol. The van der Waals surface area contributed by atoms with E-state index in [1.807, 2.05) is 23.6 Å². The summed E-state index contributed by atoms with van der Waals surface area (Å²) in [4.78, 5) is 15.9. The number of pyridine rings is 1. The molecule has 5 nitrogen and oxygen atoms in total. The van der Waals surface area contributed by atoms with E-state index >= 15 is 0 Å². The molecule has 0 radical (unpaired) electrons. The van der Waals surface area contributed by atoms with Crippen molar-refractivity contribution in [3.05, 3.63) is 57.7 Å². The quantitative estimate of drug-likeness (QED) is 0.773. The Morgan fingerprint density at radius 1 is 1.30 bits per heavy atom. The van der Waals surface area contributed by atoms with Crippen molar-refractivity contribution < 1.29 is 9.84 Å². The number of aromatic hydroxyl groups is 1. The highest BCUT2D eigenvalue weighted by Crippen LogP contribution is 2.34. The van der Waals surface area contributed by atoms with Gasteiger partial charge in [0, 0.05) is 5.56 Å². The summed E-state index contributed by atoms with van der Waals surface area (Å²) in [5.41, 5.74) is 1.35. The maximum absolute atomic E-state index is 12.2. The average molecular weight is 324 g/mol. The molecule has 0 fully saturated rings. The van der Waals surface area contributed by atoms with Crippen molar-refractivity contribution in [2.45, 2.75) is 0 Å². The molecule has 6 heteroatoms. The smallest absolute Gasteiger partial charge is 0.266 e. The van der Waals surface area contributed by atoms with Gasteiger partial charge in [-0.2, -0.15) is 5.26 Å². The van der Waals surface area contributed by atoms with Gasteiger partial charge in [0.05, 0.1) is 17.7 Å². The number of hydrogen-bond donors (Lipinski definition) is 2. The summed E-state index contributed by atoms with van der Waals surface area (Å²) in [7, 11) is 1.44. The number of phenolic OH excluding ortho intramolecular Hbond substituents is 1. The first-order valence-corrected chi connectivity index (χ1v) is 7.60. The second-order valence-corrected chi connectivity index (χ2v) is 5.72. The molecular formula is C17H12N2O3S. The highest BCUT2D eigenvalue weighted by molar-refractivity contribution is 7.13. The van der Waals surface area contributed by atoms with Crippen LogP contribution in [0.1, 0.15) is 5.56 Å². The number of benzene rings is 1. The monoisotopic (exact) mass is 324 g/mol. The summed E-state index contributed by atoms with van der Waals surface area (Å²) in [5.74, 6) is 0.280. The summed E-state index contributed by atoms with van der Waals surface area (Å²) in [6, 6.07) is 12.2. The van der Waals surface area contributed by atoms with Crippen molar-refractivity contribution in [1.82, 2.24) is 4.98 Å². The molecule has 2 N–H and O–H groups in total. The van der Waals surface area contributed by atoms with E-state index in [2.05, 4.69) is 4.98 Å². The van der Waals surface area contributed by atoms with Gasteiger partial charge < -0.3 is 14.8 Å². The Hall–Kier alpha value is -3.04. The van der Waals surface area contributed by atoms with Crippen LogP contribution in [0.2, 0.25) is 0 Å². The van der Waals surface area contributed by atoms with Gasteiger partial charge in [0.25, 0.3) is 5.56 Å². The Morgan fingerprint density at radius 3 is 2.78 bits per heavy atom. The number of phenols is 1. The van der Waals surface area contributed by atoms with Crippen molar-refractivity contribution in [2.75, 3.05) is 7.11 Å². The van der Waals surface area contributed by atoms with Crippen molar-refractivity contribution in [3.63, 3.8) is 0 Å². The number of nitriles is 1. The van der Waals surface area contributed by atoms with Gasteiger partial charge >= 0.3 is 0 Å². The van der Waals surface area contributed by atoms with Crippen LogP contribution in [0.5, 0.6) is 11.5 Å². The number of hydrogen-bond acceptors (Lipinski definition) is 5. The number of nitrogens with zero attached hydrogens (tertiary/aromatic N) is 1. The lowest BCUT2D eigenvalue weighted by atomic mass is 10.00. The van der Waals surface area contributed by atoms with Gasteiger partial charge in [0.2, 0.25) is 0 Å². The van der Waals surface area contributed by atoms with Gasteiger partial charge in [-0.3, -0.25) is 4.79 Å². The van der Waals surface area contributed by atoms with Crippen LogP contribution in [0, 0.1) is 11.3 Å². The summed E-state index contributed by atoms with van der Waals surface area (Å²) < 4.78 is 5.10.